The lowest BCUT2D eigenvalue weighted by atomic mass is 10.3. The van der Waals surface area contributed by atoms with Crippen LogP contribution < -0.4 is 4.74 Å². The van der Waals surface area contributed by atoms with Crippen LogP contribution >= 0.6 is 28.6 Å². The fourth-order valence-electron chi connectivity index (χ4n) is 0.699. The van der Waals surface area contributed by atoms with Gasteiger partial charge < -0.3 is 4.74 Å². The van der Waals surface area contributed by atoms with E-state index in [0.29, 0.717) is 15.1 Å². The average Bonchev–Trinajstić information content (AvgIpc) is 1.96. The molecule has 0 heterocycles. The molecular formula is C7H6BrFOS. The molecule has 60 valence electrons. The Bertz CT molecular complexity index is 277. The molecule has 0 aliphatic heterocycles. The van der Waals surface area contributed by atoms with Gasteiger partial charge >= 0.3 is 0 Å². The van der Waals surface area contributed by atoms with Crippen LogP contribution in [0.15, 0.2) is 21.5 Å². The van der Waals surface area contributed by atoms with Gasteiger partial charge in [-0.3, -0.25) is 0 Å². The summed E-state index contributed by atoms with van der Waals surface area (Å²) in [5.74, 6) is 0.102. The van der Waals surface area contributed by atoms with Crippen molar-refractivity contribution in [2.45, 2.75) is 4.90 Å². The standard InChI is InChI=1S/C7H6BrFOS/c1-10-5-2-4(9)3-6(11)7(5)8/h2-3,11H,1H3. The van der Waals surface area contributed by atoms with Gasteiger partial charge in [0.2, 0.25) is 0 Å². The number of hydrogen-bond donors (Lipinski definition) is 1. The van der Waals surface area contributed by atoms with E-state index in [1.54, 1.807) is 0 Å². The van der Waals surface area contributed by atoms with Gasteiger partial charge in [-0.2, -0.15) is 0 Å². The number of ether oxygens (including phenoxy) is 1. The van der Waals surface area contributed by atoms with Crippen LogP contribution in [0.1, 0.15) is 0 Å². The van der Waals surface area contributed by atoms with Crippen molar-refractivity contribution in [3.8, 4) is 5.75 Å². The molecule has 1 rings (SSSR count). The molecule has 0 aliphatic carbocycles. The van der Waals surface area contributed by atoms with Gasteiger partial charge in [0.25, 0.3) is 0 Å². The Balaban J connectivity index is 3.24. The SMILES string of the molecule is COc1cc(F)cc(S)c1Br. The third-order valence-corrected chi connectivity index (χ3v) is 2.68. The van der Waals surface area contributed by atoms with Crippen LogP contribution in [-0.2, 0) is 0 Å². The molecular weight excluding hydrogens is 231 g/mol. The minimum absolute atomic E-state index is 0.352. The fourth-order valence-corrected chi connectivity index (χ4v) is 1.32. The average molecular weight is 237 g/mol. The van der Waals surface area contributed by atoms with E-state index >= 15 is 0 Å². The van der Waals surface area contributed by atoms with E-state index in [0.717, 1.165) is 0 Å². The van der Waals surface area contributed by atoms with E-state index in [-0.39, 0.29) is 5.82 Å². The van der Waals surface area contributed by atoms with Crippen molar-refractivity contribution in [3.63, 3.8) is 0 Å². The van der Waals surface area contributed by atoms with Gasteiger partial charge in [-0.1, -0.05) is 0 Å². The molecule has 0 aromatic heterocycles. The molecule has 0 saturated heterocycles. The summed E-state index contributed by atoms with van der Waals surface area (Å²) in [5.41, 5.74) is 0. The van der Waals surface area contributed by atoms with Crippen molar-refractivity contribution < 1.29 is 9.13 Å². The molecule has 1 aromatic rings. The molecule has 1 aromatic carbocycles. The maximum Gasteiger partial charge on any atom is 0.137 e. The molecule has 0 atom stereocenters. The van der Waals surface area contributed by atoms with Gasteiger partial charge in [0.15, 0.2) is 0 Å². The Labute approximate surface area is 78.1 Å². The quantitative estimate of drug-likeness (QED) is 0.739. The van der Waals surface area contributed by atoms with Gasteiger partial charge in [0.1, 0.15) is 11.6 Å². The third kappa shape index (κ3) is 1.87. The van der Waals surface area contributed by atoms with Gasteiger partial charge in [0, 0.05) is 11.0 Å². The minimum atomic E-state index is -0.352. The highest BCUT2D eigenvalue weighted by Gasteiger charge is 2.05. The van der Waals surface area contributed by atoms with E-state index in [2.05, 4.69) is 28.6 Å². The highest BCUT2D eigenvalue weighted by molar-refractivity contribution is 9.10. The highest BCUT2D eigenvalue weighted by atomic mass is 79.9. The Hall–Kier alpha value is -0.220. The summed E-state index contributed by atoms with van der Waals surface area (Å²) in [6.07, 6.45) is 0. The maximum absolute atomic E-state index is 12.6. The summed E-state index contributed by atoms with van der Waals surface area (Å²) in [6.45, 7) is 0. The largest absolute Gasteiger partial charge is 0.495 e. The molecule has 0 saturated carbocycles. The number of hydrogen-bond acceptors (Lipinski definition) is 2. The van der Waals surface area contributed by atoms with E-state index in [4.69, 9.17) is 4.74 Å². The van der Waals surface area contributed by atoms with Gasteiger partial charge in [-0.15, -0.1) is 12.6 Å². The summed E-state index contributed by atoms with van der Waals surface area (Å²) < 4.78 is 18.2. The first-order valence-corrected chi connectivity index (χ1v) is 4.11. The Morgan fingerprint density at radius 1 is 1.55 bits per heavy atom. The lowest BCUT2D eigenvalue weighted by Gasteiger charge is -2.04. The number of benzene rings is 1. The zero-order chi connectivity index (χ0) is 8.43. The van der Waals surface area contributed by atoms with Crippen molar-refractivity contribution in [1.82, 2.24) is 0 Å². The van der Waals surface area contributed by atoms with Gasteiger partial charge in [-0.25, -0.2) is 4.39 Å². The van der Waals surface area contributed by atoms with Crippen molar-refractivity contribution in [3.05, 3.63) is 22.4 Å². The molecule has 0 bridgehead atoms. The first-order chi connectivity index (χ1) is 5.15. The van der Waals surface area contributed by atoms with Crippen LogP contribution in [0.5, 0.6) is 5.75 Å². The Morgan fingerprint density at radius 3 is 2.73 bits per heavy atom. The topological polar surface area (TPSA) is 9.23 Å². The molecule has 0 spiro atoms. The van der Waals surface area contributed by atoms with E-state index in [1.807, 2.05) is 0 Å². The van der Waals surface area contributed by atoms with E-state index < -0.39 is 0 Å². The Morgan fingerprint density at radius 2 is 2.18 bits per heavy atom. The molecule has 1 nitrogen and oxygen atoms in total. The number of methoxy groups -OCH3 is 1. The third-order valence-electron chi connectivity index (χ3n) is 1.20. The second kappa shape index (κ2) is 3.45. The molecule has 4 heteroatoms. The van der Waals surface area contributed by atoms with Crippen LogP contribution in [0.3, 0.4) is 0 Å². The van der Waals surface area contributed by atoms with Crippen molar-refractivity contribution >= 4 is 28.6 Å². The number of thiol groups is 1. The van der Waals surface area contributed by atoms with E-state index in [1.165, 1.54) is 19.2 Å². The lowest BCUT2D eigenvalue weighted by Crippen LogP contribution is -1.86. The van der Waals surface area contributed by atoms with Gasteiger partial charge in [-0.05, 0) is 22.0 Å². The first-order valence-electron chi connectivity index (χ1n) is 2.87. The second-order valence-corrected chi connectivity index (χ2v) is 3.22. The predicted octanol–water partition coefficient (Wildman–Crippen LogP) is 2.89. The van der Waals surface area contributed by atoms with E-state index in [9.17, 15) is 4.39 Å². The van der Waals surface area contributed by atoms with Crippen LogP contribution in [0.2, 0.25) is 0 Å². The predicted molar refractivity (Wildman–Crippen MR) is 47.9 cm³/mol. The molecule has 0 fully saturated rings. The summed E-state index contributed by atoms with van der Waals surface area (Å²) in [6, 6.07) is 2.61. The van der Waals surface area contributed by atoms with Crippen LogP contribution in [0, 0.1) is 5.82 Å². The molecule has 0 aliphatic rings. The van der Waals surface area contributed by atoms with Crippen LogP contribution in [-0.4, -0.2) is 7.11 Å². The van der Waals surface area contributed by atoms with Crippen molar-refractivity contribution in [2.24, 2.45) is 0 Å². The first kappa shape index (κ1) is 8.87. The summed E-state index contributed by atoms with van der Waals surface area (Å²) in [7, 11) is 1.48. The zero-order valence-electron chi connectivity index (χ0n) is 5.77. The molecule has 11 heavy (non-hydrogen) atoms. The van der Waals surface area contributed by atoms with Crippen molar-refractivity contribution in [1.29, 1.82) is 0 Å². The number of halogens is 2. The smallest absolute Gasteiger partial charge is 0.137 e. The number of rotatable bonds is 1. The molecule has 0 N–H and O–H groups in total. The summed E-state index contributed by atoms with van der Waals surface area (Å²) in [4.78, 5) is 0.529. The zero-order valence-corrected chi connectivity index (χ0v) is 8.25. The summed E-state index contributed by atoms with van der Waals surface area (Å²) >= 11 is 7.23. The minimum Gasteiger partial charge on any atom is -0.495 e. The molecule has 0 amide bonds. The summed E-state index contributed by atoms with van der Waals surface area (Å²) in [5, 5.41) is 0. The van der Waals surface area contributed by atoms with Gasteiger partial charge in [0.05, 0.1) is 11.6 Å². The second-order valence-electron chi connectivity index (χ2n) is 1.94. The Kier molecular flexibility index (Phi) is 2.78. The lowest BCUT2D eigenvalue weighted by molar-refractivity contribution is 0.407. The molecule has 0 radical (unpaired) electrons. The maximum atomic E-state index is 12.6. The fraction of sp³-hybridized carbons (Fsp3) is 0.143. The van der Waals surface area contributed by atoms with Crippen LogP contribution in [0.25, 0.3) is 0 Å². The normalized spacial score (nSPS) is 9.82. The van der Waals surface area contributed by atoms with Crippen LogP contribution in [0.4, 0.5) is 4.39 Å². The highest BCUT2D eigenvalue weighted by Crippen LogP contribution is 2.31. The monoisotopic (exact) mass is 236 g/mol. The molecule has 0 unspecified atom stereocenters. The van der Waals surface area contributed by atoms with Crippen molar-refractivity contribution in [2.75, 3.05) is 7.11 Å².